The Hall–Kier alpha value is -2.67. The van der Waals surface area contributed by atoms with Crippen molar-refractivity contribution in [2.75, 3.05) is 13.2 Å². The van der Waals surface area contributed by atoms with Gasteiger partial charge < -0.3 is 14.2 Å². The van der Waals surface area contributed by atoms with Crippen LogP contribution >= 0.6 is 0 Å². The Morgan fingerprint density at radius 2 is 2.00 bits per heavy atom. The number of nitrogens with zero attached hydrogens (tertiary/aromatic N) is 2. The minimum atomic E-state index is -0.661. The first-order chi connectivity index (χ1) is 12.7. The molecule has 0 saturated carbocycles. The monoisotopic (exact) mass is 358 g/mol. The molecule has 3 rings (SSSR count). The van der Waals surface area contributed by atoms with Crippen LogP contribution in [0.1, 0.15) is 58.8 Å². The molecule has 7 heteroatoms. The van der Waals surface area contributed by atoms with E-state index in [0.717, 1.165) is 24.8 Å². The maximum atomic E-state index is 12.5. The van der Waals surface area contributed by atoms with Crippen LogP contribution in [0.5, 0.6) is 0 Å². The van der Waals surface area contributed by atoms with Crippen molar-refractivity contribution in [1.29, 1.82) is 0 Å². The average Bonchev–Trinajstić information content (AvgIpc) is 3.13. The Kier molecular flexibility index (Phi) is 6.01. The lowest BCUT2D eigenvalue weighted by atomic mass is 10.2. The predicted octanol–water partition coefficient (Wildman–Crippen LogP) is 3.12. The summed E-state index contributed by atoms with van der Waals surface area (Å²) in [5, 5.41) is 4.27. The SMILES string of the molecule is CCOC(=O)c1cn(C2CCCCO2)nc1C(=O)OCc1ccccc1. The van der Waals surface area contributed by atoms with Crippen molar-refractivity contribution in [2.45, 2.75) is 39.0 Å². The largest absolute Gasteiger partial charge is 0.462 e. The minimum Gasteiger partial charge on any atom is -0.462 e. The molecule has 0 spiro atoms. The zero-order chi connectivity index (χ0) is 18.4. The Morgan fingerprint density at radius 3 is 2.69 bits per heavy atom. The number of hydrogen-bond donors (Lipinski definition) is 0. The third-order valence-corrected chi connectivity index (χ3v) is 4.08. The van der Waals surface area contributed by atoms with Crippen LogP contribution in [0.3, 0.4) is 0 Å². The van der Waals surface area contributed by atoms with E-state index in [-0.39, 0.29) is 30.7 Å². The third-order valence-electron chi connectivity index (χ3n) is 4.08. The molecule has 2 aromatic rings. The molecule has 7 nitrogen and oxygen atoms in total. The van der Waals surface area contributed by atoms with Crippen LogP contribution in [0.2, 0.25) is 0 Å². The first-order valence-corrected chi connectivity index (χ1v) is 8.78. The number of ether oxygens (including phenoxy) is 3. The number of benzene rings is 1. The Bertz CT molecular complexity index is 751. The van der Waals surface area contributed by atoms with E-state index >= 15 is 0 Å². The summed E-state index contributed by atoms with van der Waals surface area (Å²) in [7, 11) is 0. The molecule has 1 aliphatic rings. The Labute approximate surface area is 151 Å². The molecule has 1 fully saturated rings. The highest BCUT2D eigenvalue weighted by Crippen LogP contribution is 2.24. The van der Waals surface area contributed by atoms with Gasteiger partial charge in [0.15, 0.2) is 5.69 Å². The minimum absolute atomic E-state index is 0.0476. The van der Waals surface area contributed by atoms with Gasteiger partial charge in [-0.1, -0.05) is 30.3 Å². The molecule has 138 valence electrons. The van der Waals surface area contributed by atoms with E-state index in [0.29, 0.717) is 6.61 Å². The Balaban J connectivity index is 1.79. The zero-order valence-corrected chi connectivity index (χ0v) is 14.7. The van der Waals surface area contributed by atoms with Crippen molar-refractivity contribution in [1.82, 2.24) is 9.78 Å². The van der Waals surface area contributed by atoms with E-state index in [1.165, 1.54) is 10.9 Å². The summed E-state index contributed by atoms with van der Waals surface area (Å²) in [4.78, 5) is 24.7. The maximum Gasteiger partial charge on any atom is 0.360 e. The molecule has 2 heterocycles. The highest BCUT2D eigenvalue weighted by atomic mass is 16.5. The summed E-state index contributed by atoms with van der Waals surface area (Å²) in [6.45, 7) is 2.66. The van der Waals surface area contributed by atoms with Crippen molar-refractivity contribution in [3.05, 3.63) is 53.3 Å². The second kappa shape index (κ2) is 8.62. The molecule has 1 aliphatic heterocycles. The van der Waals surface area contributed by atoms with E-state index in [4.69, 9.17) is 14.2 Å². The average molecular weight is 358 g/mol. The summed E-state index contributed by atoms with van der Waals surface area (Å²) in [5.41, 5.74) is 0.904. The van der Waals surface area contributed by atoms with Gasteiger partial charge in [-0.15, -0.1) is 0 Å². The summed E-state index contributed by atoms with van der Waals surface area (Å²) < 4.78 is 17.6. The molecule has 1 saturated heterocycles. The molecule has 1 aromatic carbocycles. The van der Waals surface area contributed by atoms with Crippen molar-refractivity contribution >= 4 is 11.9 Å². The van der Waals surface area contributed by atoms with E-state index in [1.54, 1.807) is 6.92 Å². The van der Waals surface area contributed by atoms with Crippen LogP contribution in [0, 0.1) is 0 Å². The normalized spacial score (nSPS) is 16.9. The molecule has 0 radical (unpaired) electrons. The van der Waals surface area contributed by atoms with Crippen LogP contribution in [-0.4, -0.2) is 34.9 Å². The maximum absolute atomic E-state index is 12.5. The molecule has 1 unspecified atom stereocenters. The van der Waals surface area contributed by atoms with Gasteiger partial charge in [0.2, 0.25) is 0 Å². The number of esters is 2. The topological polar surface area (TPSA) is 79.7 Å². The first kappa shape index (κ1) is 18.1. The first-order valence-electron chi connectivity index (χ1n) is 8.78. The van der Waals surface area contributed by atoms with Gasteiger partial charge in [0.25, 0.3) is 0 Å². The number of rotatable bonds is 6. The van der Waals surface area contributed by atoms with Gasteiger partial charge in [-0.05, 0) is 31.7 Å². The van der Waals surface area contributed by atoms with E-state index in [1.807, 2.05) is 30.3 Å². The standard InChI is InChI=1S/C19H22N2O5/c1-2-24-18(22)15-12-21(16-10-6-7-11-25-16)20-17(15)19(23)26-13-14-8-4-3-5-9-14/h3-5,8-9,12,16H,2,6-7,10-11,13H2,1H3. The van der Waals surface area contributed by atoms with E-state index in [9.17, 15) is 9.59 Å². The second-order valence-corrected chi connectivity index (χ2v) is 5.97. The molecular weight excluding hydrogens is 336 g/mol. The van der Waals surface area contributed by atoms with Crippen molar-refractivity contribution in [3.63, 3.8) is 0 Å². The number of carbonyl (C=O) groups excluding carboxylic acids is 2. The smallest absolute Gasteiger partial charge is 0.360 e. The van der Waals surface area contributed by atoms with Gasteiger partial charge in [0.1, 0.15) is 18.4 Å². The zero-order valence-electron chi connectivity index (χ0n) is 14.7. The summed E-state index contributed by atoms with van der Waals surface area (Å²) in [5.74, 6) is -1.26. The number of aromatic nitrogens is 2. The fourth-order valence-corrected chi connectivity index (χ4v) is 2.77. The van der Waals surface area contributed by atoms with Crippen LogP contribution in [-0.2, 0) is 20.8 Å². The van der Waals surface area contributed by atoms with Crippen LogP contribution in [0.25, 0.3) is 0 Å². The molecule has 0 aliphatic carbocycles. The number of carbonyl (C=O) groups is 2. The Morgan fingerprint density at radius 1 is 1.19 bits per heavy atom. The van der Waals surface area contributed by atoms with Crippen LogP contribution < -0.4 is 0 Å². The lowest BCUT2D eigenvalue weighted by molar-refractivity contribution is -0.0397. The summed E-state index contributed by atoms with van der Waals surface area (Å²) in [6.07, 6.45) is 4.00. The molecular formula is C19H22N2O5. The van der Waals surface area contributed by atoms with E-state index in [2.05, 4.69) is 5.10 Å². The van der Waals surface area contributed by atoms with Gasteiger partial charge in [0, 0.05) is 12.8 Å². The molecule has 26 heavy (non-hydrogen) atoms. The molecule has 0 bridgehead atoms. The van der Waals surface area contributed by atoms with Gasteiger partial charge in [0.05, 0.1) is 6.61 Å². The van der Waals surface area contributed by atoms with Gasteiger partial charge in [-0.2, -0.15) is 5.10 Å². The van der Waals surface area contributed by atoms with Crippen LogP contribution in [0.15, 0.2) is 36.5 Å². The van der Waals surface area contributed by atoms with Crippen molar-refractivity contribution < 1.29 is 23.8 Å². The quantitative estimate of drug-likeness (QED) is 0.738. The highest BCUT2D eigenvalue weighted by Gasteiger charge is 2.27. The number of hydrogen-bond acceptors (Lipinski definition) is 6. The second-order valence-electron chi connectivity index (χ2n) is 5.97. The van der Waals surface area contributed by atoms with E-state index < -0.39 is 11.9 Å². The van der Waals surface area contributed by atoms with Gasteiger partial charge in [-0.25, -0.2) is 14.3 Å². The van der Waals surface area contributed by atoms with Crippen LogP contribution in [0.4, 0.5) is 0 Å². The lowest BCUT2D eigenvalue weighted by Gasteiger charge is -2.22. The summed E-state index contributed by atoms with van der Waals surface area (Å²) >= 11 is 0. The van der Waals surface area contributed by atoms with Gasteiger partial charge in [-0.3, -0.25) is 0 Å². The molecule has 1 atom stereocenters. The van der Waals surface area contributed by atoms with Crippen molar-refractivity contribution in [3.8, 4) is 0 Å². The fourth-order valence-electron chi connectivity index (χ4n) is 2.77. The third kappa shape index (κ3) is 4.29. The molecule has 0 N–H and O–H groups in total. The fraction of sp³-hybridized carbons (Fsp3) is 0.421. The van der Waals surface area contributed by atoms with Crippen molar-refractivity contribution in [2.24, 2.45) is 0 Å². The molecule has 0 amide bonds. The highest BCUT2D eigenvalue weighted by molar-refractivity contribution is 6.01. The predicted molar refractivity (Wildman–Crippen MR) is 92.6 cm³/mol. The summed E-state index contributed by atoms with van der Waals surface area (Å²) in [6, 6.07) is 9.32. The molecule has 1 aromatic heterocycles. The van der Waals surface area contributed by atoms with Gasteiger partial charge >= 0.3 is 11.9 Å². The lowest BCUT2D eigenvalue weighted by Crippen LogP contribution is -2.19.